The molecule has 0 radical (unpaired) electrons. The molecule has 16 heavy (non-hydrogen) atoms. The average Bonchev–Trinajstić information content (AvgIpc) is 2.31. The van der Waals surface area contributed by atoms with Gasteiger partial charge >= 0.3 is 0 Å². The lowest BCUT2D eigenvalue weighted by Gasteiger charge is -2.05. The third kappa shape index (κ3) is 3.15. The Morgan fingerprint density at radius 1 is 1.50 bits per heavy atom. The van der Waals surface area contributed by atoms with Crippen molar-refractivity contribution in [3.8, 4) is 23.7 Å². The Kier molecular flexibility index (Phi) is 4.63. The summed E-state index contributed by atoms with van der Waals surface area (Å²) in [5.74, 6) is 6.05. The number of nitriles is 1. The van der Waals surface area contributed by atoms with Crippen LogP contribution in [0.3, 0.4) is 0 Å². The van der Waals surface area contributed by atoms with E-state index >= 15 is 0 Å². The molecule has 0 saturated heterocycles. The van der Waals surface area contributed by atoms with Crippen molar-refractivity contribution >= 4 is 6.29 Å². The molecule has 3 nitrogen and oxygen atoms in total. The van der Waals surface area contributed by atoms with Gasteiger partial charge in [0.25, 0.3) is 0 Å². The molecule has 0 aliphatic heterocycles. The Labute approximate surface area is 94.7 Å². The first-order chi connectivity index (χ1) is 7.81. The van der Waals surface area contributed by atoms with Crippen LogP contribution in [-0.2, 0) is 0 Å². The molecule has 3 heteroatoms. The monoisotopic (exact) mass is 213 g/mol. The van der Waals surface area contributed by atoms with Crippen molar-refractivity contribution in [2.24, 2.45) is 0 Å². The van der Waals surface area contributed by atoms with E-state index < -0.39 is 0 Å². The van der Waals surface area contributed by atoms with E-state index in [4.69, 9.17) is 10.00 Å². The molecular formula is C13H11NO2. The number of nitrogens with zero attached hydrogens (tertiary/aromatic N) is 1. The molecule has 1 rings (SSSR count). The standard InChI is InChI=1S/C13H11NO2/c1-2-16-13-7-6-11(5-3-4-8-14)9-12(13)10-15/h6-7,9-10H,2,4H2,1H3. The number of ether oxygens (including phenoxy) is 1. The van der Waals surface area contributed by atoms with Gasteiger partial charge in [-0.15, -0.1) is 0 Å². The van der Waals surface area contributed by atoms with E-state index in [9.17, 15) is 4.79 Å². The van der Waals surface area contributed by atoms with E-state index in [1.165, 1.54) is 0 Å². The van der Waals surface area contributed by atoms with Crippen LogP contribution in [0.4, 0.5) is 0 Å². The zero-order chi connectivity index (χ0) is 11.8. The van der Waals surface area contributed by atoms with Crippen LogP contribution < -0.4 is 4.74 Å². The highest BCUT2D eigenvalue weighted by atomic mass is 16.5. The van der Waals surface area contributed by atoms with Crippen LogP contribution in [-0.4, -0.2) is 12.9 Å². The predicted octanol–water partition coefficient (Wildman–Crippen LogP) is 2.16. The van der Waals surface area contributed by atoms with Crippen LogP contribution in [0.25, 0.3) is 0 Å². The van der Waals surface area contributed by atoms with Gasteiger partial charge in [0, 0.05) is 5.56 Å². The molecule has 0 fully saturated rings. The maximum Gasteiger partial charge on any atom is 0.153 e. The van der Waals surface area contributed by atoms with E-state index in [0.717, 1.165) is 6.29 Å². The Balaban J connectivity index is 2.97. The van der Waals surface area contributed by atoms with E-state index in [1.807, 2.05) is 13.0 Å². The Hall–Kier alpha value is -2.26. The molecule has 0 aromatic heterocycles. The molecule has 0 heterocycles. The molecule has 0 atom stereocenters. The number of hydrogen-bond donors (Lipinski definition) is 0. The fourth-order valence-electron chi connectivity index (χ4n) is 1.19. The van der Waals surface area contributed by atoms with Gasteiger partial charge in [0.15, 0.2) is 6.29 Å². The summed E-state index contributed by atoms with van der Waals surface area (Å²) >= 11 is 0. The second-order valence-electron chi connectivity index (χ2n) is 2.94. The van der Waals surface area contributed by atoms with Gasteiger partial charge in [-0.3, -0.25) is 4.79 Å². The number of carbonyl (C=O) groups is 1. The lowest BCUT2D eigenvalue weighted by atomic mass is 10.1. The zero-order valence-corrected chi connectivity index (χ0v) is 8.99. The number of carbonyl (C=O) groups excluding carboxylic acids is 1. The Morgan fingerprint density at radius 2 is 2.31 bits per heavy atom. The predicted molar refractivity (Wildman–Crippen MR) is 60.1 cm³/mol. The van der Waals surface area contributed by atoms with Gasteiger partial charge in [-0.25, -0.2) is 0 Å². The molecule has 0 saturated carbocycles. The fourth-order valence-corrected chi connectivity index (χ4v) is 1.19. The maximum absolute atomic E-state index is 10.8. The zero-order valence-electron chi connectivity index (χ0n) is 8.99. The largest absolute Gasteiger partial charge is 0.493 e. The number of aldehydes is 1. The van der Waals surface area contributed by atoms with E-state index in [-0.39, 0.29) is 6.42 Å². The minimum atomic E-state index is 0.184. The molecule has 80 valence electrons. The van der Waals surface area contributed by atoms with Crippen LogP contribution >= 0.6 is 0 Å². The second kappa shape index (κ2) is 6.27. The molecule has 0 amide bonds. The summed E-state index contributed by atoms with van der Waals surface area (Å²) in [5.41, 5.74) is 1.19. The third-order valence-corrected chi connectivity index (χ3v) is 1.84. The summed E-state index contributed by atoms with van der Waals surface area (Å²) in [4.78, 5) is 10.8. The van der Waals surface area contributed by atoms with Crippen LogP contribution in [0, 0.1) is 23.2 Å². The van der Waals surface area contributed by atoms with E-state index in [2.05, 4.69) is 11.8 Å². The molecule has 0 unspecified atom stereocenters. The van der Waals surface area contributed by atoms with Crippen molar-refractivity contribution in [1.82, 2.24) is 0 Å². The summed E-state index contributed by atoms with van der Waals surface area (Å²) in [5, 5.41) is 8.33. The Bertz CT molecular complexity index is 475. The quantitative estimate of drug-likeness (QED) is 0.571. The van der Waals surface area contributed by atoms with E-state index in [0.29, 0.717) is 23.5 Å². The molecular weight excluding hydrogens is 202 g/mol. The second-order valence-corrected chi connectivity index (χ2v) is 2.94. The topological polar surface area (TPSA) is 50.1 Å². The van der Waals surface area contributed by atoms with Crippen molar-refractivity contribution in [2.75, 3.05) is 6.61 Å². The smallest absolute Gasteiger partial charge is 0.153 e. The Morgan fingerprint density at radius 3 is 2.94 bits per heavy atom. The average molecular weight is 213 g/mol. The van der Waals surface area contributed by atoms with Gasteiger partial charge < -0.3 is 4.74 Å². The minimum Gasteiger partial charge on any atom is -0.493 e. The van der Waals surface area contributed by atoms with Gasteiger partial charge in [-0.2, -0.15) is 5.26 Å². The summed E-state index contributed by atoms with van der Waals surface area (Å²) < 4.78 is 5.28. The van der Waals surface area contributed by atoms with Gasteiger partial charge in [0.05, 0.1) is 24.7 Å². The third-order valence-electron chi connectivity index (χ3n) is 1.84. The van der Waals surface area contributed by atoms with Gasteiger partial charge in [-0.1, -0.05) is 11.8 Å². The fraction of sp³-hybridized carbons (Fsp3) is 0.231. The molecule has 0 aliphatic carbocycles. The number of hydrogen-bond acceptors (Lipinski definition) is 3. The highest BCUT2D eigenvalue weighted by Crippen LogP contribution is 2.17. The highest BCUT2D eigenvalue weighted by Gasteiger charge is 2.02. The minimum absolute atomic E-state index is 0.184. The molecule has 0 bridgehead atoms. The van der Waals surface area contributed by atoms with Gasteiger partial charge in [0.1, 0.15) is 5.75 Å². The summed E-state index contributed by atoms with van der Waals surface area (Å²) in [6.07, 6.45) is 0.921. The normalized spacial score (nSPS) is 8.50. The molecule has 0 N–H and O–H groups in total. The molecule has 0 spiro atoms. The summed E-state index contributed by atoms with van der Waals surface area (Å²) in [7, 11) is 0. The first kappa shape index (κ1) is 11.8. The summed E-state index contributed by atoms with van der Waals surface area (Å²) in [6, 6.07) is 7.06. The number of rotatable bonds is 3. The van der Waals surface area contributed by atoms with Gasteiger partial charge in [0.2, 0.25) is 0 Å². The van der Waals surface area contributed by atoms with E-state index in [1.54, 1.807) is 18.2 Å². The summed E-state index contributed by atoms with van der Waals surface area (Å²) in [6.45, 7) is 2.37. The first-order valence-electron chi connectivity index (χ1n) is 4.89. The lowest BCUT2D eigenvalue weighted by Crippen LogP contribution is -1.96. The number of benzene rings is 1. The van der Waals surface area contributed by atoms with Gasteiger partial charge in [-0.05, 0) is 25.1 Å². The van der Waals surface area contributed by atoms with Crippen molar-refractivity contribution in [3.63, 3.8) is 0 Å². The molecule has 1 aromatic carbocycles. The maximum atomic E-state index is 10.8. The SMILES string of the molecule is CCOc1ccc(C#CCC#N)cc1C=O. The van der Waals surface area contributed by atoms with Crippen LogP contribution in [0.2, 0.25) is 0 Å². The van der Waals surface area contributed by atoms with Crippen LogP contribution in [0.1, 0.15) is 29.3 Å². The van der Waals surface area contributed by atoms with Crippen molar-refractivity contribution in [1.29, 1.82) is 5.26 Å². The van der Waals surface area contributed by atoms with Crippen LogP contribution in [0.15, 0.2) is 18.2 Å². The molecule has 1 aromatic rings. The highest BCUT2D eigenvalue weighted by molar-refractivity contribution is 5.80. The molecule has 0 aliphatic rings. The lowest BCUT2D eigenvalue weighted by molar-refractivity contribution is 0.112. The van der Waals surface area contributed by atoms with Crippen molar-refractivity contribution in [3.05, 3.63) is 29.3 Å². The first-order valence-corrected chi connectivity index (χ1v) is 4.89. The van der Waals surface area contributed by atoms with Crippen molar-refractivity contribution in [2.45, 2.75) is 13.3 Å². The van der Waals surface area contributed by atoms with Crippen molar-refractivity contribution < 1.29 is 9.53 Å². The van der Waals surface area contributed by atoms with Crippen LogP contribution in [0.5, 0.6) is 5.75 Å².